The van der Waals surface area contributed by atoms with Crippen LogP contribution >= 0.6 is 15.9 Å². The van der Waals surface area contributed by atoms with Gasteiger partial charge in [0.2, 0.25) is 5.91 Å². The van der Waals surface area contributed by atoms with Gasteiger partial charge < -0.3 is 4.90 Å². The lowest BCUT2D eigenvalue weighted by Gasteiger charge is -2.13. The van der Waals surface area contributed by atoms with Crippen molar-refractivity contribution >= 4 is 21.8 Å². The number of rotatable bonds is 2. The van der Waals surface area contributed by atoms with E-state index in [9.17, 15) is 4.79 Å². The Kier molecular flexibility index (Phi) is 2.49. The number of carbonyl (C=O) groups is 1. The number of nitrogens with zero attached hydrogens (tertiary/aromatic N) is 1. The highest BCUT2D eigenvalue weighted by molar-refractivity contribution is 9.11. The molecule has 1 rings (SSSR count). The predicted octanol–water partition coefficient (Wildman–Crippen LogP) is 1.52. The molecule has 10 heavy (non-hydrogen) atoms. The molecular formula is C7H10BrNO. The third-order valence-electron chi connectivity index (χ3n) is 1.53. The lowest BCUT2D eigenvalue weighted by molar-refractivity contribution is -0.127. The summed E-state index contributed by atoms with van der Waals surface area (Å²) in [5.74, 6) is 0.251. The van der Waals surface area contributed by atoms with Crippen LogP contribution in [-0.4, -0.2) is 23.9 Å². The maximum atomic E-state index is 11.0. The lowest BCUT2D eigenvalue weighted by Crippen LogP contribution is -2.25. The number of carbonyl (C=O) groups excluding carboxylic acids is 1. The molecule has 0 spiro atoms. The Hall–Kier alpha value is -0.310. The molecule has 1 heterocycles. The second-order valence-corrected chi connectivity index (χ2v) is 3.56. The van der Waals surface area contributed by atoms with Crippen LogP contribution in [0.25, 0.3) is 0 Å². The first-order chi connectivity index (χ1) is 4.70. The Bertz CT molecular complexity index is 167. The minimum Gasteiger partial charge on any atom is -0.338 e. The fourth-order valence-corrected chi connectivity index (χ4v) is 1.38. The van der Waals surface area contributed by atoms with E-state index in [0.717, 1.165) is 17.4 Å². The fraction of sp³-hybridized carbons (Fsp3) is 0.571. The highest BCUT2D eigenvalue weighted by Crippen LogP contribution is 2.13. The maximum Gasteiger partial charge on any atom is 0.222 e. The molecule has 0 N–H and O–H groups in total. The topological polar surface area (TPSA) is 20.3 Å². The molecule has 1 aliphatic heterocycles. The second kappa shape index (κ2) is 3.19. The van der Waals surface area contributed by atoms with Crippen LogP contribution in [0.1, 0.15) is 12.8 Å². The van der Waals surface area contributed by atoms with Gasteiger partial charge in [-0.25, -0.2) is 0 Å². The molecular weight excluding hydrogens is 194 g/mol. The highest BCUT2D eigenvalue weighted by atomic mass is 79.9. The monoisotopic (exact) mass is 203 g/mol. The van der Waals surface area contributed by atoms with Crippen LogP contribution in [0.15, 0.2) is 11.1 Å². The van der Waals surface area contributed by atoms with Gasteiger partial charge in [0.1, 0.15) is 0 Å². The van der Waals surface area contributed by atoms with Crippen LogP contribution in [0.4, 0.5) is 0 Å². The average molecular weight is 204 g/mol. The number of likely N-dealkylation sites (tertiary alicyclic amines) is 1. The van der Waals surface area contributed by atoms with Gasteiger partial charge >= 0.3 is 0 Å². The summed E-state index contributed by atoms with van der Waals surface area (Å²) >= 11 is 3.22. The van der Waals surface area contributed by atoms with Crippen LogP contribution in [0.2, 0.25) is 0 Å². The summed E-state index contributed by atoms with van der Waals surface area (Å²) < 4.78 is 0.878. The Morgan fingerprint density at radius 3 is 2.90 bits per heavy atom. The van der Waals surface area contributed by atoms with E-state index in [2.05, 4.69) is 22.5 Å². The normalized spacial score (nSPS) is 18.1. The number of amides is 1. The molecule has 0 aromatic heterocycles. The first-order valence-electron chi connectivity index (χ1n) is 3.31. The molecule has 0 aromatic rings. The van der Waals surface area contributed by atoms with Gasteiger partial charge in [0.05, 0.1) is 6.54 Å². The zero-order valence-electron chi connectivity index (χ0n) is 5.77. The van der Waals surface area contributed by atoms with Crippen molar-refractivity contribution in [3.8, 4) is 0 Å². The molecule has 0 aliphatic carbocycles. The van der Waals surface area contributed by atoms with E-state index >= 15 is 0 Å². The molecule has 0 unspecified atom stereocenters. The summed E-state index contributed by atoms with van der Waals surface area (Å²) in [6.45, 7) is 5.23. The predicted molar refractivity (Wildman–Crippen MR) is 43.9 cm³/mol. The first kappa shape index (κ1) is 7.79. The maximum absolute atomic E-state index is 11.0. The zero-order chi connectivity index (χ0) is 7.56. The Morgan fingerprint density at radius 1 is 1.80 bits per heavy atom. The molecule has 1 amide bonds. The Balaban J connectivity index is 2.40. The number of hydrogen-bond donors (Lipinski definition) is 0. The van der Waals surface area contributed by atoms with Gasteiger partial charge in [-0.1, -0.05) is 22.5 Å². The number of halogens is 1. The van der Waals surface area contributed by atoms with E-state index in [1.807, 2.05) is 4.90 Å². The van der Waals surface area contributed by atoms with Crippen molar-refractivity contribution in [2.75, 3.05) is 13.1 Å². The summed E-state index contributed by atoms with van der Waals surface area (Å²) in [6, 6.07) is 0. The summed E-state index contributed by atoms with van der Waals surface area (Å²) in [5.41, 5.74) is 0. The Morgan fingerprint density at radius 2 is 2.50 bits per heavy atom. The Labute approximate surface area is 69.0 Å². The van der Waals surface area contributed by atoms with Crippen molar-refractivity contribution < 1.29 is 4.79 Å². The van der Waals surface area contributed by atoms with Crippen LogP contribution in [0.5, 0.6) is 0 Å². The van der Waals surface area contributed by atoms with Gasteiger partial charge in [-0.05, 0) is 6.42 Å². The minimum atomic E-state index is 0.251. The largest absolute Gasteiger partial charge is 0.338 e. The second-order valence-electron chi connectivity index (χ2n) is 2.44. The van der Waals surface area contributed by atoms with E-state index in [4.69, 9.17) is 0 Å². The van der Waals surface area contributed by atoms with Gasteiger partial charge in [0.25, 0.3) is 0 Å². The van der Waals surface area contributed by atoms with E-state index in [1.165, 1.54) is 0 Å². The van der Waals surface area contributed by atoms with Gasteiger partial charge in [0, 0.05) is 17.4 Å². The van der Waals surface area contributed by atoms with Crippen LogP contribution < -0.4 is 0 Å². The molecule has 2 nitrogen and oxygen atoms in total. The van der Waals surface area contributed by atoms with Gasteiger partial charge in [0.15, 0.2) is 0 Å². The molecule has 1 aliphatic rings. The molecule has 0 aromatic carbocycles. The highest BCUT2D eigenvalue weighted by Gasteiger charge is 2.19. The van der Waals surface area contributed by atoms with Crippen molar-refractivity contribution in [2.45, 2.75) is 12.8 Å². The van der Waals surface area contributed by atoms with E-state index in [-0.39, 0.29) is 5.91 Å². The summed E-state index contributed by atoms with van der Waals surface area (Å²) in [6.07, 6.45) is 1.71. The summed E-state index contributed by atoms with van der Waals surface area (Å²) in [7, 11) is 0. The quantitative estimate of drug-likeness (QED) is 0.667. The minimum absolute atomic E-state index is 0.251. The van der Waals surface area contributed by atoms with E-state index in [0.29, 0.717) is 13.0 Å². The van der Waals surface area contributed by atoms with Crippen molar-refractivity contribution in [1.29, 1.82) is 0 Å². The molecule has 0 bridgehead atoms. The smallest absolute Gasteiger partial charge is 0.222 e. The molecule has 1 saturated heterocycles. The third-order valence-corrected chi connectivity index (χ3v) is 1.78. The molecule has 0 saturated carbocycles. The van der Waals surface area contributed by atoms with Gasteiger partial charge in [-0.3, -0.25) is 4.79 Å². The van der Waals surface area contributed by atoms with Crippen molar-refractivity contribution in [3.63, 3.8) is 0 Å². The SMILES string of the molecule is C=C(Br)CN1CCCC1=O. The average Bonchev–Trinajstić information content (AvgIpc) is 2.15. The van der Waals surface area contributed by atoms with E-state index in [1.54, 1.807) is 0 Å². The molecule has 3 heteroatoms. The molecule has 0 atom stereocenters. The zero-order valence-corrected chi connectivity index (χ0v) is 7.35. The number of hydrogen-bond acceptors (Lipinski definition) is 1. The van der Waals surface area contributed by atoms with E-state index < -0.39 is 0 Å². The standard InChI is InChI=1S/C7H10BrNO/c1-6(8)5-9-4-2-3-7(9)10/h1-5H2. The van der Waals surface area contributed by atoms with Gasteiger partial charge in [-0.15, -0.1) is 0 Å². The van der Waals surface area contributed by atoms with Crippen molar-refractivity contribution in [1.82, 2.24) is 4.90 Å². The molecule has 56 valence electrons. The summed E-state index contributed by atoms with van der Waals surface area (Å²) in [4.78, 5) is 12.8. The van der Waals surface area contributed by atoms with Crippen LogP contribution in [0, 0.1) is 0 Å². The van der Waals surface area contributed by atoms with Crippen molar-refractivity contribution in [2.24, 2.45) is 0 Å². The van der Waals surface area contributed by atoms with Gasteiger partial charge in [-0.2, -0.15) is 0 Å². The fourth-order valence-electron chi connectivity index (χ4n) is 1.08. The molecule has 1 fully saturated rings. The summed E-state index contributed by atoms with van der Waals surface area (Å²) in [5, 5.41) is 0. The first-order valence-corrected chi connectivity index (χ1v) is 4.10. The van der Waals surface area contributed by atoms with Crippen LogP contribution in [0.3, 0.4) is 0 Å². The molecule has 0 radical (unpaired) electrons. The van der Waals surface area contributed by atoms with Crippen LogP contribution in [-0.2, 0) is 4.79 Å². The van der Waals surface area contributed by atoms with Crippen molar-refractivity contribution in [3.05, 3.63) is 11.1 Å². The lowest BCUT2D eigenvalue weighted by atomic mass is 10.4. The third kappa shape index (κ3) is 1.84.